The number of fused-ring (bicyclic) bond motifs is 1. The summed E-state index contributed by atoms with van der Waals surface area (Å²) in [6, 6.07) is 10.2. The Bertz CT molecular complexity index is 1020. The third-order valence-electron chi connectivity index (χ3n) is 5.74. The molecule has 1 aromatic carbocycles. The van der Waals surface area contributed by atoms with Crippen LogP contribution in [0.15, 0.2) is 36.5 Å². The molecule has 164 valence electrons. The number of rotatable bonds is 7. The maximum absolute atomic E-state index is 12.6. The van der Waals surface area contributed by atoms with Crippen molar-refractivity contribution in [2.45, 2.75) is 51.8 Å². The molecule has 1 unspecified atom stereocenters. The van der Waals surface area contributed by atoms with Crippen molar-refractivity contribution in [1.29, 1.82) is 0 Å². The molecule has 1 N–H and O–H groups in total. The average Bonchev–Trinajstić information content (AvgIpc) is 3.15. The van der Waals surface area contributed by atoms with Crippen molar-refractivity contribution in [3.05, 3.63) is 47.7 Å². The van der Waals surface area contributed by atoms with Crippen molar-refractivity contribution >= 4 is 22.8 Å². The zero-order chi connectivity index (χ0) is 21.8. The van der Waals surface area contributed by atoms with Crippen LogP contribution < -0.4 is 5.32 Å². The minimum Gasteiger partial charge on any atom is -0.377 e. The number of amides is 1. The van der Waals surface area contributed by atoms with Crippen molar-refractivity contribution in [3.8, 4) is 0 Å². The molecule has 1 amide bonds. The molecule has 1 aliphatic heterocycles. The van der Waals surface area contributed by atoms with E-state index in [1.165, 1.54) is 18.4 Å². The van der Waals surface area contributed by atoms with Crippen molar-refractivity contribution < 1.29 is 9.53 Å². The van der Waals surface area contributed by atoms with E-state index in [-0.39, 0.29) is 5.91 Å². The molecule has 4 rings (SSSR count). The maximum atomic E-state index is 12.6. The molecule has 0 saturated carbocycles. The van der Waals surface area contributed by atoms with E-state index in [1.807, 2.05) is 12.1 Å². The van der Waals surface area contributed by atoms with Gasteiger partial charge in [0.15, 0.2) is 5.65 Å². The van der Waals surface area contributed by atoms with E-state index in [4.69, 9.17) is 4.74 Å². The lowest BCUT2D eigenvalue weighted by molar-refractivity contribution is -0.0129. The number of benzene rings is 1. The number of aryl methyl sites for hydroxylation is 1. The van der Waals surface area contributed by atoms with Gasteiger partial charge >= 0.3 is 0 Å². The van der Waals surface area contributed by atoms with Gasteiger partial charge in [-0.25, -0.2) is 9.67 Å². The molecule has 0 aliphatic carbocycles. The van der Waals surface area contributed by atoms with Crippen molar-refractivity contribution in [2.75, 3.05) is 18.5 Å². The summed E-state index contributed by atoms with van der Waals surface area (Å²) in [7, 11) is 1.77. The van der Waals surface area contributed by atoms with Gasteiger partial charge < -0.3 is 10.1 Å². The number of carbonyl (C=O) groups is 1. The molecule has 1 atom stereocenters. The van der Waals surface area contributed by atoms with Crippen molar-refractivity contribution in [2.24, 2.45) is 7.05 Å². The SMILES string of the molecule is CC(C)N(Cc1ccc(NC(=O)c2cnc3c(c2)nnn3C)cc1)CC1CCCCO1. The maximum Gasteiger partial charge on any atom is 0.257 e. The molecule has 8 heteroatoms. The van der Waals surface area contributed by atoms with Crippen LogP contribution in [0.1, 0.15) is 49.0 Å². The summed E-state index contributed by atoms with van der Waals surface area (Å²) in [4.78, 5) is 19.3. The Morgan fingerprint density at radius 3 is 2.81 bits per heavy atom. The predicted octanol–water partition coefficient (Wildman–Crippen LogP) is 3.40. The molecule has 1 saturated heterocycles. The second-order valence-electron chi connectivity index (χ2n) is 8.44. The first-order chi connectivity index (χ1) is 15.0. The van der Waals surface area contributed by atoms with Crippen LogP contribution in [0, 0.1) is 0 Å². The van der Waals surface area contributed by atoms with Gasteiger partial charge in [-0.3, -0.25) is 9.69 Å². The fourth-order valence-electron chi connectivity index (χ4n) is 3.85. The highest BCUT2D eigenvalue weighted by Crippen LogP contribution is 2.19. The van der Waals surface area contributed by atoms with Crippen molar-refractivity contribution in [3.63, 3.8) is 0 Å². The van der Waals surface area contributed by atoms with Gasteiger partial charge in [-0.2, -0.15) is 0 Å². The van der Waals surface area contributed by atoms with Gasteiger partial charge in [-0.05, 0) is 56.9 Å². The highest BCUT2D eigenvalue weighted by Gasteiger charge is 2.20. The van der Waals surface area contributed by atoms with Gasteiger partial charge in [0.05, 0.1) is 11.7 Å². The lowest BCUT2D eigenvalue weighted by atomic mass is 10.1. The van der Waals surface area contributed by atoms with Gasteiger partial charge in [0.25, 0.3) is 5.91 Å². The minimum absolute atomic E-state index is 0.217. The topological polar surface area (TPSA) is 85.2 Å². The van der Waals surface area contributed by atoms with Gasteiger partial charge in [0, 0.05) is 44.7 Å². The number of pyridine rings is 1. The zero-order valence-corrected chi connectivity index (χ0v) is 18.4. The van der Waals surface area contributed by atoms with Crippen LogP contribution in [0.25, 0.3) is 11.2 Å². The van der Waals surface area contributed by atoms with Crippen LogP contribution in [0.4, 0.5) is 5.69 Å². The second kappa shape index (κ2) is 9.53. The van der Waals surface area contributed by atoms with Crippen LogP contribution >= 0.6 is 0 Å². The van der Waals surface area contributed by atoms with E-state index >= 15 is 0 Å². The highest BCUT2D eigenvalue weighted by molar-refractivity contribution is 6.05. The molecule has 1 aliphatic rings. The third-order valence-corrected chi connectivity index (χ3v) is 5.74. The first-order valence-electron chi connectivity index (χ1n) is 10.9. The first kappa shape index (κ1) is 21.4. The predicted molar refractivity (Wildman–Crippen MR) is 120 cm³/mol. The average molecular weight is 423 g/mol. The van der Waals surface area contributed by atoms with E-state index in [0.29, 0.717) is 28.9 Å². The normalized spacial score (nSPS) is 16.9. The van der Waals surface area contributed by atoms with Crippen LogP contribution in [0.3, 0.4) is 0 Å². The summed E-state index contributed by atoms with van der Waals surface area (Å²) < 4.78 is 7.51. The number of nitrogens with zero attached hydrogens (tertiary/aromatic N) is 5. The smallest absolute Gasteiger partial charge is 0.257 e. The molecule has 1 fully saturated rings. The highest BCUT2D eigenvalue weighted by atomic mass is 16.5. The number of nitrogens with one attached hydrogen (secondary N) is 1. The number of ether oxygens (including phenoxy) is 1. The van der Waals surface area contributed by atoms with Gasteiger partial charge in [-0.1, -0.05) is 17.3 Å². The first-order valence-corrected chi connectivity index (χ1v) is 10.9. The molecule has 3 aromatic rings. The van der Waals surface area contributed by atoms with E-state index in [9.17, 15) is 4.79 Å². The molecule has 0 spiro atoms. The molecule has 31 heavy (non-hydrogen) atoms. The largest absolute Gasteiger partial charge is 0.377 e. The monoisotopic (exact) mass is 422 g/mol. The molecular formula is C23H30N6O2. The number of hydrogen-bond acceptors (Lipinski definition) is 6. The van der Waals surface area contributed by atoms with Crippen LogP contribution in [-0.4, -0.2) is 56.1 Å². The van der Waals surface area contributed by atoms with Gasteiger partial charge in [0.1, 0.15) is 5.52 Å². The number of hydrogen-bond donors (Lipinski definition) is 1. The van der Waals surface area contributed by atoms with Gasteiger partial charge in [0.2, 0.25) is 0 Å². The molecule has 3 heterocycles. The quantitative estimate of drug-likeness (QED) is 0.628. The summed E-state index contributed by atoms with van der Waals surface area (Å²) in [6.07, 6.45) is 5.44. The summed E-state index contributed by atoms with van der Waals surface area (Å²) >= 11 is 0. The fraction of sp³-hybridized carbons (Fsp3) is 0.478. The Hall–Kier alpha value is -2.84. The zero-order valence-electron chi connectivity index (χ0n) is 18.4. The Kier molecular flexibility index (Phi) is 6.58. The second-order valence-corrected chi connectivity index (χ2v) is 8.44. The van der Waals surface area contributed by atoms with Crippen LogP contribution in [0.5, 0.6) is 0 Å². The lowest BCUT2D eigenvalue weighted by Gasteiger charge is -2.32. The minimum atomic E-state index is -0.217. The number of anilines is 1. The van der Waals surface area contributed by atoms with E-state index in [1.54, 1.807) is 24.0 Å². The Balaban J connectivity index is 1.37. The Labute approximate surface area is 182 Å². The molecular weight excluding hydrogens is 392 g/mol. The molecule has 8 nitrogen and oxygen atoms in total. The van der Waals surface area contributed by atoms with Crippen LogP contribution in [-0.2, 0) is 18.3 Å². The fourth-order valence-corrected chi connectivity index (χ4v) is 3.85. The standard InChI is InChI=1S/C23H30N6O2/c1-16(2)29(15-20-6-4-5-11-31-20)14-17-7-9-19(10-8-17)25-23(30)18-12-21-22(24-13-18)28(3)27-26-21/h7-10,12-13,16,20H,4-6,11,14-15H2,1-3H3,(H,25,30). The molecule has 0 radical (unpaired) electrons. The summed E-state index contributed by atoms with van der Waals surface area (Å²) in [5.41, 5.74) is 3.66. The van der Waals surface area contributed by atoms with E-state index < -0.39 is 0 Å². The third kappa shape index (κ3) is 5.26. The summed E-state index contributed by atoms with van der Waals surface area (Å²) in [5.74, 6) is -0.217. The molecule has 2 aromatic heterocycles. The van der Waals surface area contributed by atoms with Crippen LogP contribution in [0.2, 0.25) is 0 Å². The van der Waals surface area contributed by atoms with E-state index in [0.717, 1.165) is 31.8 Å². The lowest BCUT2D eigenvalue weighted by Crippen LogP contribution is -2.39. The van der Waals surface area contributed by atoms with Crippen molar-refractivity contribution in [1.82, 2.24) is 24.9 Å². The Morgan fingerprint density at radius 1 is 1.29 bits per heavy atom. The molecule has 0 bridgehead atoms. The number of carbonyl (C=O) groups excluding carboxylic acids is 1. The number of aromatic nitrogens is 4. The summed E-state index contributed by atoms with van der Waals surface area (Å²) in [5, 5.41) is 10.9. The van der Waals surface area contributed by atoms with E-state index in [2.05, 4.69) is 51.5 Å². The Morgan fingerprint density at radius 2 is 2.10 bits per heavy atom. The summed E-state index contributed by atoms with van der Waals surface area (Å²) in [6.45, 7) is 7.14. The van der Waals surface area contributed by atoms with Gasteiger partial charge in [-0.15, -0.1) is 5.10 Å².